The van der Waals surface area contributed by atoms with Crippen molar-refractivity contribution in [3.05, 3.63) is 23.8 Å². The van der Waals surface area contributed by atoms with Crippen molar-refractivity contribution in [1.82, 2.24) is 4.90 Å². The van der Waals surface area contributed by atoms with Crippen molar-refractivity contribution in [1.29, 1.82) is 0 Å². The quantitative estimate of drug-likeness (QED) is 0.834. The number of morpholine rings is 1. The highest BCUT2D eigenvalue weighted by molar-refractivity contribution is 5.94. The van der Waals surface area contributed by atoms with Gasteiger partial charge in [0, 0.05) is 25.9 Å². The van der Waals surface area contributed by atoms with Gasteiger partial charge in [0.25, 0.3) is 5.91 Å². The molecule has 3 atom stereocenters. The van der Waals surface area contributed by atoms with E-state index in [1.54, 1.807) is 0 Å². The maximum absolute atomic E-state index is 12.7. The Labute approximate surface area is 146 Å². The molecule has 0 aromatic heterocycles. The number of rotatable bonds is 3. The highest BCUT2D eigenvalue weighted by atomic mass is 16.7. The van der Waals surface area contributed by atoms with Gasteiger partial charge in [-0.15, -0.1) is 0 Å². The van der Waals surface area contributed by atoms with E-state index in [4.69, 9.17) is 19.0 Å². The van der Waals surface area contributed by atoms with Crippen LogP contribution in [0.25, 0.3) is 0 Å². The molecule has 0 saturated carbocycles. The van der Waals surface area contributed by atoms with Crippen molar-refractivity contribution < 1.29 is 23.8 Å². The van der Waals surface area contributed by atoms with Gasteiger partial charge in [0.05, 0.1) is 17.9 Å². The van der Waals surface area contributed by atoms with E-state index in [9.17, 15) is 4.79 Å². The van der Waals surface area contributed by atoms with Crippen LogP contribution in [0.1, 0.15) is 25.8 Å². The molecular formula is C18H22N2O5. The zero-order valence-corrected chi connectivity index (χ0v) is 14.4. The molecule has 0 radical (unpaired) electrons. The first-order valence-electron chi connectivity index (χ1n) is 8.63. The molecule has 3 aliphatic rings. The summed E-state index contributed by atoms with van der Waals surface area (Å²) in [6, 6.07) is 5.83. The van der Waals surface area contributed by atoms with E-state index in [0.29, 0.717) is 25.9 Å². The maximum Gasteiger partial charge on any atom is 0.267 e. The van der Waals surface area contributed by atoms with E-state index >= 15 is 0 Å². The number of hydrogen-bond acceptors (Lipinski definition) is 6. The van der Waals surface area contributed by atoms with Gasteiger partial charge in [-0.2, -0.15) is 0 Å². The van der Waals surface area contributed by atoms with E-state index in [2.05, 4.69) is 5.16 Å². The lowest BCUT2D eigenvalue weighted by Crippen LogP contribution is -2.51. The smallest absolute Gasteiger partial charge is 0.267 e. The Bertz CT molecular complexity index is 695. The average Bonchev–Trinajstić information content (AvgIpc) is 3.22. The fourth-order valence-electron chi connectivity index (χ4n) is 3.51. The van der Waals surface area contributed by atoms with E-state index in [0.717, 1.165) is 22.8 Å². The standard InChI is InChI=1S/C18H22N2O5/c1-11-8-20(9-12(2)24-11)18(21)17-7-14(19-25-17)5-13-3-4-15-16(6-13)23-10-22-15/h3-4,6,11-12,17H,5,7-10H2,1-2H3/t11-,12+,17?. The van der Waals surface area contributed by atoms with Crippen LogP contribution < -0.4 is 9.47 Å². The van der Waals surface area contributed by atoms with Crippen LogP contribution in [-0.4, -0.2) is 54.7 Å². The molecule has 134 valence electrons. The molecule has 1 unspecified atom stereocenters. The molecule has 0 N–H and O–H groups in total. The summed E-state index contributed by atoms with van der Waals surface area (Å²) >= 11 is 0. The van der Waals surface area contributed by atoms with Gasteiger partial charge in [0.15, 0.2) is 11.5 Å². The molecule has 25 heavy (non-hydrogen) atoms. The predicted molar refractivity (Wildman–Crippen MR) is 89.8 cm³/mol. The van der Waals surface area contributed by atoms with Crippen LogP contribution >= 0.6 is 0 Å². The Hall–Kier alpha value is -2.28. The summed E-state index contributed by atoms with van der Waals surface area (Å²) in [6.07, 6.45) is 0.719. The van der Waals surface area contributed by atoms with Gasteiger partial charge in [-0.25, -0.2) is 0 Å². The second-order valence-corrected chi connectivity index (χ2v) is 6.82. The Morgan fingerprint density at radius 3 is 2.76 bits per heavy atom. The fourth-order valence-corrected chi connectivity index (χ4v) is 3.51. The van der Waals surface area contributed by atoms with E-state index in [1.165, 1.54) is 0 Å². The van der Waals surface area contributed by atoms with Crippen LogP contribution in [0.3, 0.4) is 0 Å². The molecule has 7 heteroatoms. The molecule has 1 aromatic carbocycles. The highest BCUT2D eigenvalue weighted by Gasteiger charge is 2.35. The lowest BCUT2D eigenvalue weighted by atomic mass is 10.0. The molecule has 3 aliphatic heterocycles. The topological polar surface area (TPSA) is 69.6 Å². The third kappa shape index (κ3) is 3.42. The SMILES string of the molecule is C[C@@H]1CN(C(=O)C2CC(Cc3ccc4c(c3)OCO4)=NO2)C[C@H](C)O1. The van der Waals surface area contributed by atoms with Crippen molar-refractivity contribution in [3.63, 3.8) is 0 Å². The first-order chi connectivity index (χ1) is 12.1. The largest absolute Gasteiger partial charge is 0.454 e. The third-order valence-electron chi connectivity index (χ3n) is 4.58. The molecule has 7 nitrogen and oxygen atoms in total. The Morgan fingerprint density at radius 2 is 1.96 bits per heavy atom. The van der Waals surface area contributed by atoms with Crippen LogP contribution in [0.15, 0.2) is 23.4 Å². The van der Waals surface area contributed by atoms with Crippen molar-refractivity contribution in [2.45, 2.75) is 45.0 Å². The highest BCUT2D eigenvalue weighted by Crippen LogP contribution is 2.33. The van der Waals surface area contributed by atoms with Crippen molar-refractivity contribution in [2.75, 3.05) is 19.9 Å². The molecule has 0 bridgehead atoms. The van der Waals surface area contributed by atoms with E-state index in [-0.39, 0.29) is 24.9 Å². The molecular weight excluding hydrogens is 324 g/mol. The predicted octanol–water partition coefficient (Wildman–Crippen LogP) is 1.74. The lowest BCUT2D eigenvalue weighted by molar-refractivity contribution is -0.153. The molecule has 1 saturated heterocycles. The van der Waals surface area contributed by atoms with Gasteiger partial charge in [-0.05, 0) is 31.5 Å². The number of carbonyl (C=O) groups excluding carboxylic acids is 1. The van der Waals surface area contributed by atoms with Crippen LogP contribution in [0, 0.1) is 0 Å². The number of fused-ring (bicyclic) bond motifs is 1. The van der Waals surface area contributed by atoms with E-state index < -0.39 is 6.10 Å². The van der Waals surface area contributed by atoms with Crippen LogP contribution in [0.2, 0.25) is 0 Å². The number of benzene rings is 1. The number of amides is 1. The zero-order valence-electron chi connectivity index (χ0n) is 14.4. The third-order valence-corrected chi connectivity index (χ3v) is 4.58. The summed E-state index contributed by atoms with van der Waals surface area (Å²) in [5.41, 5.74) is 1.93. The maximum atomic E-state index is 12.7. The molecule has 3 heterocycles. The van der Waals surface area contributed by atoms with Gasteiger partial charge < -0.3 is 23.9 Å². The van der Waals surface area contributed by atoms with Crippen molar-refractivity contribution in [3.8, 4) is 11.5 Å². The van der Waals surface area contributed by atoms with Gasteiger partial charge in [-0.3, -0.25) is 4.79 Å². The summed E-state index contributed by atoms with van der Waals surface area (Å²) < 4.78 is 16.4. The van der Waals surface area contributed by atoms with Gasteiger partial charge in [0.2, 0.25) is 12.9 Å². The fraction of sp³-hybridized carbons (Fsp3) is 0.556. The number of ether oxygens (including phenoxy) is 3. The number of nitrogens with zero attached hydrogens (tertiary/aromatic N) is 2. The summed E-state index contributed by atoms with van der Waals surface area (Å²) in [5.74, 6) is 1.50. The number of hydrogen-bond donors (Lipinski definition) is 0. The first kappa shape index (κ1) is 16.2. The average molecular weight is 346 g/mol. The van der Waals surface area contributed by atoms with Crippen LogP contribution in [-0.2, 0) is 20.8 Å². The normalized spacial score (nSPS) is 27.8. The lowest BCUT2D eigenvalue weighted by Gasteiger charge is -2.36. The second-order valence-electron chi connectivity index (χ2n) is 6.82. The minimum absolute atomic E-state index is 0.00793. The first-order valence-corrected chi connectivity index (χ1v) is 8.63. The molecule has 1 aromatic rings. The summed E-state index contributed by atoms with van der Waals surface area (Å²) in [6.45, 7) is 5.41. The summed E-state index contributed by atoms with van der Waals surface area (Å²) in [4.78, 5) is 19.9. The minimum atomic E-state index is -0.526. The molecule has 0 aliphatic carbocycles. The zero-order chi connectivity index (χ0) is 17.4. The van der Waals surface area contributed by atoms with Gasteiger partial charge in [0.1, 0.15) is 0 Å². The second kappa shape index (κ2) is 6.55. The number of carbonyl (C=O) groups is 1. The van der Waals surface area contributed by atoms with Crippen LogP contribution in [0.5, 0.6) is 11.5 Å². The summed E-state index contributed by atoms with van der Waals surface area (Å²) in [5, 5.41) is 4.13. The monoisotopic (exact) mass is 346 g/mol. The van der Waals surface area contributed by atoms with Crippen LogP contribution in [0.4, 0.5) is 0 Å². The Morgan fingerprint density at radius 1 is 1.20 bits per heavy atom. The molecule has 0 spiro atoms. The molecule has 1 fully saturated rings. The Balaban J connectivity index is 1.35. The minimum Gasteiger partial charge on any atom is -0.454 e. The number of oxime groups is 1. The van der Waals surface area contributed by atoms with E-state index in [1.807, 2.05) is 36.9 Å². The molecule has 4 rings (SSSR count). The van der Waals surface area contributed by atoms with Crippen molar-refractivity contribution in [2.24, 2.45) is 5.16 Å². The summed E-state index contributed by atoms with van der Waals surface area (Å²) in [7, 11) is 0. The molecule has 1 amide bonds. The Kier molecular flexibility index (Phi) is 4.25. The van der Waals surface area contributed by atoms with Crippen molar-refractivity contribution >= 4 is 11.6 Å². The van der Waals surface area contributed by atoms with Gasteiger partial charge >= 0.3 is 0 Å². The van der Waals surface area contributed by atoms with Gasteiger partial charge in [-0.1, -0.05) is 11.2 Å².